The van der Waals surface area contributed by atoms with Gasteiger partial charge in [0.2, 0.25) is 5.89 Å². The Morgan fingerprint density at radius 2 is 1.96 bits per heavy atom. The third-order valence-corrected chi connectivity index (χ3v) is 4.22. The Morgan fingerprint density at radius 3 is 2.59 bits per heavy atom. The third-order valence-electron chi connectivity index (χ3n) is 3.73. The zero-order chi connectivity index (χ0) is 20.0. The van der Waals surface area contributed by atoms with Crippen LogP contribution in [0.1, 0.15) is 54.4 Å². The zero-order valence-electron chi connectivity index (χ0n) is 16.2. The second-order valence-corrected chi connectivity index (χ2v) is 8.24. The summed E-state index contributed by atoms with van der Waals surface area (Å²) < 4.78 is 6.28. The van der Waals surface area contributed by atoms with Gasteiger partial charge < -0.3 is 14.6 Å². The van der Waals surface area contributed by atoms with Crippen molar-refractivity contribution in [2.24, 2.45) is 11.8 Å². The predicted molar refractivity (Wildman–Crippen MR) is 107 cm³/mol. The van der Waals surface area contributed by atoms with Gasteiger partial charge in [0.1, 0.15) is 6.26 Å². The predicted octanol–water partition coefficient (Wildman–Crippen LogP) is 4.12. The minimum absolute atomic E-state index is 0.103. The molecule has 1 aromatic carbocycles. The average molecular weight is 436 g/mol. The molecule has 0 saturated carbocycles. The summed E-state index contributed by atoms with van der Waals surface area (Å²) in [5.74, 6) is 0.602. The molecule has 1 heterocycles. The number of hydrogen-bond donors (Lipinski definition) is 1. The van der Waals surface area contributed by atoms with Gasteiger partial charge in [-0.05, 0) is 30.0 Å². The molecule has 2 amide bonds. The minimum Gasteiger partial charge on any atom is -0.446 e. The van der Waals surface area contributed by atoms with Crippen molar-refractivity contribution in [3.63, 3.8) is 0 Å². The van der Waals surface area contributed by atoms with Crippen molar-refractivity contribution in [2.45, 2.75) is 34.2 Å². The molecule has 27 heavy (non-hydrogen) atoms. The number of benzene rings is 1. The van der Waals surface area contributed by atoms with Crippen molar-refractivity contribution >= 4 is 27.7 Å². The van der Waals surface area contributed by atoms with Gasteiger partial charge in [-0.3, -0.25) is 9.59 Å². The summed E-state index contributed by atoms with van der Waals surface area (Å²) in [6.07, 6.45) is 1.34. The average Bonchev–Trinajstić information content (AvgIpc) is 3.06. The number of nitrogens with one attached hydrogen (secondary N) is 1. The molecule has 1 aromatic heterocycles. The summed E-state index contributed by atoms with van der Waals surface area (Å²) in [7, 11) is 0. The summed E-state index contributed by atoms with van der Waals surface area (Å²) in [4.78, 5) is 30.9. The fourth-order valence-electron chi connectivity index (χ4n) is 2.50. The smallest absolute Gasteiger partial charge is 0.273 e. The first-order valence-electron chi connectivity index (χ1n) is 9.03. The number of halogens is 1. The van der Waals surface area contributed by atoms with Gasteiger partial charge in [0.05, 0.1) is 6.54 Å². The summed E-state index contributed by atoms with van der Waals surface area (Å²) in [5, 5.41) is 2.80. The van der Waals surface area contributed by atoms with Gasteiger partial charge in [-0.2, -0.15) is 0 Å². The number of nitrogens with zero attached hydrogens (tertiary/aromatic N) is 2. The maximum absolute atomic E-state index is 12.9. The molecule has 0 atom stereocenters. The maximum atomic E-state index is 12.9. The lowest BCUT2D eigenvalue weighted by atomic mass is 10.1. The molecule has 146 valence electrons. The molecule has 7 heteroatoms. The van der Waals surface area contributed by atoms with E-state index in [0.717, 1.165) is 4.47 Å². The summed E-state index contributed by atoms with van der Waals surface area (Å²) in [6, 6.07) is 7.27. The van der Waals surface area contributed by atoms with Gasteiger partial charge in [-0.1, -0.05) is 49.7 Å². The highest BCUT2D eigenvalue weighted by Gasteiger charge is 2.21. The van der Waals surface area contributed by atoms with Gasteiger partial charge in [0.15, 0.2) is 5.69 Å². The van der Waals surface area contributed by atoms with Gasteiger partial charge in [0, 0.05) is 23.1 Å². The zero-order valence-corrected chi connectivity index (χ0v) is 17.7. The Morgan fingerprint density at radius 1 is 1.22 bits per heavy atom. The second-order valence-electron chi connectivity index (χ2n) is 7.32. The highest BCUT2D eigenvalue weighted by molar-refractivity contribution is 9.10. The Hall–Kier alpha value is -2.15. The van der Waals surface area contributed by atoms with E-state index < -0.39 is 0 Å². The molecule has 0 aliphatic heterocycles. The van der Waals surface area contributed by atoms with E-state index >= 15 is 0 Å². The monoisotopic (exact) mass is 435 g/mol. The first kappa shape index (κ1) is 21.2. The van der Waals surface area contributed by atoms with Crippen molar-refractivity contribution in [1.29, 1.82) is 0 Å². The van der Waals surface area contributed by atoms with Crippen LogP contribution >= 0.6 is 15.9 Å². The molecular formula is C20H26BrN3O3. The van der Waals surface area contributed by atoms with E-state index in [1.807, 2.05) is 39.8 Å². The van der Waals surface area contributed by atoms with E-state index in [0.29, 0.717) is 30.5 Å². The maximum Gasteiger partial charge on any atom is 0.273 e. The Labute approximate surface area is 168 Å². The van der Waals surface area contributed by atoms with E-state index in [4.69, 9.17) is 4.42 Å². The number of carbonyl (C=O) groups excluding carboxylic acids is 2. The van der Waals surface area contributed by atoms with Crippen LogP contribution in [0.5, 0.6) is 0 Å². The van der Waals surface area contributed by atoms with Crippen molar-refractivity contribution < 1.29 is 14.0 Å². The van der Waals surface area contributed by atoms with Crippen molar-refractivity contribution in [1.82, 2.24) is 15.2 Å². The summed E-state index contributed by atoms with van der Waals surface area (Å²) in [5.41, 5.74) is 0.816. The second kappa shape index (κ2) is 9.69. The fraction of sp³-hybridized carbons (Fsp3) is 0.450. The van der Waals surface area contributed by atoms with Crippen LogP contribution < -0.4 is 5.32 Å². The van der Waals surface area contributed by atoms with E-state index in [2.05, 4.69) is 26.2 Å². The lowest BCUT2D eigenvalue weighted by molar-refractivity contribution is 0.0706. The topological polar surface area (TPSA) is 75.4 Å². The van der Waals surface area contributed by atoms with Gasteiger partial charge >= 0.3 is 0 Å². The van der Waals surface area contributed by atoms with Crippen LogP contribution in [-0.4, -0.2) is 34.8 Å². The van der Waals surface area contributed by atoms with Gasteiger partial charge in [-0.15, -0.1) is 0 Å². The molecule has 2 aromatic rings. The third kappa shape index (κ3) is 6.50. The molecule has 0 saturated heterocycles. The highest BCUT2D eigenvalue weighted by atomic mass is 79.9. The number of carbonyl (C=O) groups is 2. The van der Waals surface area contributed by atoms with Crippen molar-refractivity contribution in [2.75, 3.05) is 13.1 Å². The molecule has 0 unspecified atom stereocenters. The Balaban J connectivity index is 2.12. The Kier molecular flexibility index (Phi) is 7.59. The summed E-state index contributed by atoms with van der Waals surface area (Å²) in [6.45, 7) is 9.46. The van der Waals surface area contributed by atoms with Gasteiger partial charge in [-0.25, -0.2) is 4.98 Å². The number of oxazole rings is 1. The van der Waals surface area contributed by atoms with Crippen LogP contribution in [0.4, 0.5) is 0 Å². The molecule has 1 N–H and O–H groups in total. The molecule has 0 spiro atoms. The SMILES string of the molecule is CC(C)CNC(=O)c1coc(CN(CC(C)C)C(=O)c2cccc(Br)c2)n1. The highest BCUT2D eigenvalue weighted by Crippen LogP contribution is 2.16. The molecule has 0 aliphatic rings. The molecule has 0 radical (unpaired) electrons. The Bertz CT molecular complexity index is 786. The largest absolute Gasteiger partial charge is 0.446 e. The van der Waals surface area contributed by atoms with Crippen LogP contribution in [-0.2, 0) is 6.54 Å². The van der Waals surface area contributed by atoms with Crippen molar-refractivity contribution in [3.05, 3.63) is 52.1 Å². The molecule has 6 nitrogen and oxygen atoms in total. The van der Waals surface area contributed by atoms with Crippen LogP contribution in [0.3, 0.4) is 0 Å². The number of amides is 2. The van der Waals surface area contributed by atoms with Crippen LogP contribution in [0, 0.1) is 11.8 Å². The molecule has 2 rings (SSSR count). The number of aromatic nitrogens is 1. The lowest BCUT2D eigenvalue weighted by Crippen LogP contribution is -2.34. The van der Waals surface area contributed by atoms with Crippen molar-refractivity contribution in [3.8, 4) is 0 Å². The van der Waals surface area contributed by atoms with Crippen LogP contribution in [0.25, 0.3) is 0 Å². The minimum atomic E-state index is -0.271. The molecule has 0 aliphatic carbocycles. The normalized spacial score (nSPS) is 11.1. The van der Waals surface area contributed by atoms with E-state index in [9.17, 15) is 9.59 Å². The quantitative estimate of drug-likeness (QED) is 0.676. The van der Waals surface area contributed by atoms with Gasteiger partial charge in [0.25, 0.3) is 11.8 Å². The first-order valence-corrected chi connectivity index (χ1v) is 9.83. The van der Waals surface area contributed by atoms with E-state index in [-0.39, 0.29) is 30.0 Å². The number of hydrogen-bond acceptors (Lipinski definition) is 4. The number of rotatable bonds is 8. The van der Waals surface area contributed by atoms with E-state index in [1.54, 1.807) is 17.0 Å². The molecule has 0 bridgehead atoms. The fourth-order valence-corrected chi connectivity index (χ4v) is 2.90. The van der Waals surface area contributed by atoms with Crippen LogP contribution in [0.2, 0.25) is 0 Å². The molecule has 0 fully saturated rings. The summed E-state index contributed by atoms with van der Waals surface area (Å²) >= 11 is 3.40. The van der Waals surface area contributed by atoms with Crippen LogP contribution in [0.15, 0.2) is 39.4 Å². The lowest BCUT2D eigenvalue weighted by Gasteiger charge is -2.23. The first-order chi connectivity index (χ1) is 12.8. The van der Waals surface area contributed by atoms with E-state index in [1.165, 1.54) is 6.26 Å². The molecular weight excluding hydrogens is 410 g/mol. The standard InChI is InChI=1S/C20H26BrN3O3/c1-13(2)9-22-19(25)17-12-27-18(23-17)11-24(10-14(3)4)20(26)15-6-5-7-16(21)8-15/h5-8,12-14H,9-11H2,1-4H3,(H,22,25).